The standard InChI is InChI=1S/C22H26N6OS/c1-14(29)15-8-10-28(11-9-15)17-12-19-18(23-13-17)6-7-20(24-19)25-22-27-26-21(30-22)16-4-2-3-5-16/h6-7,12-13,15-16H,2-5,8-11H2,1H3,(H,24,25,27). The van der Waals surface area contributed by atoms with Gasteiger partial charge in [0, 0.05) is 24.9 Å². The summed E-state index contributed by atoms with van der Waals surface area (Å²) >= 11 is 1.63. The summed E-state index contributed by atoms with van der Waals surface area (Å²) in [4.78, 5) is 23.3. The Kier molecular flexibility index (Phi) is 5.33. The Hall–Kier alpha value is -2.61. The van der Waals surface area contributed by atoms with Gasteiger partial charge in [-0.3, -0.25) is 9.78 Å². The second-order valence-electron chi connectivity index (χ2n) is 8.35. The number of piperidine rings is 1. The quantitative estimate of drug-likeness (QED) is 0.638. The van der Waals surface area contributed by atoms with Crippen LogP contribution in [-0.2, 0) is 4.79 Å². The molecule has 8 heteroatoms. The molecule has 0 radical (unpaired) electrons. The summed E-state index contributed by atoms with van der Waals surface area (Å²) in [7, 11) is 0. The summed E-state index contributed by atoms with van der Waals surface area (Å²) in [6.45, 7) is 3.46. The molecule has 30 heavy (non-hydrogen) atoms. The number of Topliss-reactive ketones (excluding diaryl/α,β-unsaturated/α-hetero) is 1. The van der Waals surface area contributed by atoms with E-state index >= 15 is 0 Å². The van der Waals surface area contributed by atoms with Crippen molar-refractivity contribution in [2.24, 2.45) is 5.92 Å². The van der Waals surface area contributed by atoms with Gasteiger partial charge in [-0.05, 0) is 50.8 Å². The van der Waals surface area contributed by atoms with Gasteiger partial charge < -0.3 is 10.2 Å². The van der Waals surface area contributed by atoms with E-state index in [1.807, 2.05) is 18.3 Å². The van der Waals surface area contributed by atoms with Gasteiger partial charge >= 0.3 is 0 Å². The third-order valence-corrected chi connectivity index (χ3v) is 7.34. The van der Waals surface area contributed by atoms with Gasteiger partial charge in [0.1, 0.15) is 16.6 Å². The highest BCUT2D eigenvalue weighted by Crippen LogP contribution is 2.37. The molecule has 0 aromatic carbocycles. The number of carbonyl (C=O) groups excluding carboxylic acids is 1. The zero-order valence-electron chi connectivity index (χ0n) is 17.2. The monoisotopic (exact) mass is 422 g/mol. The molecule has 1 saturated heterocycles. The molecule has 4 heterocycles. The van der Waals surface area contributed by atoms with E-state index in [9.17, 15) is 4.79 Å². The molecule has 156 valence electrons. The molecule has 2 aliphatic rings. The van der Waals surface area contributed by atoms with Crippen LogP contribution in [0.3, 0.4) is 0 Å². The minimum Gasteiger partial charge on any atom is -0.370 e. The third kappa shape index (κ3) is 4.01. The van der Waals surface area contributed by atoms with Crippen molar-refractivity contribution in [3.63, 3.8) is 0 Å². The lowest BCUT2D eigenvalue weighted by atomic mass is 9.93. The van der Waals surface area contributed by atoms with Crippen LogP contribution in [0.25, 0.3) is 11.0 Å². The van der Waals surface area contributed by atoms with Crippen LogP contribution in [0.2, 0.25) is 0 Å². The number of fused-ring (bicyclic) bond motifs is 1. The number of anilines is 3. The fourth-order valence-corrected chi connectivity index (χ4v) is 5.43. The number of carbonyl (C=O) groups is 1. The zero-order valence-corrected chi connectivity index (χ0v) is 18.0. The molecule has 2 fully saturated rings. The minimum atomic E-state index is 0.199. The van der Waals surface area contributed by atoms with Crippen molar-refractivity contribution in [2.45, 2.75) is 51.4 Å². The number of ketones is 1. The van der Waals surface area contributed by atoms with Crippen LogP contribution in [0.5, 0.6) is 0 Å². The summed E-state index contributed by atoms with van der Waals surface area (Å²) in [5.74, 6) is 1.83. The highest BCUT2D eigenvalue weighted by molar-refractivity contribution is 7.15. The van der Waals surface area contributed by atoms with Crippen molar-refractivity contribution in [3.05, 3.63) is 29.4 Å². The van der Waals surface area contributed by atoms with E-state index in [2.05, 4.69) is 31.5 Å². The van der Waals surface area contributed by atoms with Crippen LogP contribution >= 0.6 is 11.3 Å². The maximum absolute atomic E-state index is 11.6. The Morgan fingerprint density at radius 2 is 1.90 bits per heavy atom. The molecule has 0 unspecified atom stereocenters. The number of hydrogen-bond donors (Lipinski definition) is 1. The Morgan fingerprint density at radius 3 is 2.67 bits per heavy atom. The Balaban J connectivity index is 1.32. The molecule has 7 nitrogen and oxygen atoms in total. The normalized spacial score (nSPS) is 18.2. The van der Waals surface area contributed by atoms with Gasteiger partial charge in [-0.1, -0.05) is 24.2 Å². The van der Waals surface area contributed by atoms with Crippen LogP contribution in [0.1, 0.15) is 56.4 Å². The number of pyridine rings is 2. The Labute approximate surface area is 179 Å². The number of nitrogens with zero attached hydrogens (tertiary/aromatic N) is 5. The van der Waals surface area contributed by atoms with Gasteiger partial charge in [0.25, 0.3) is 0 Å². The first-order valence-electron chi connectivity index (χ1n) is 10.8. The number of aromatic nitrogens is 4. The number of hydrogen-bond acceptors (Lipinski definition) is 8. The molecular weight excluding hydrogens is 396 g/mol. The van der Waals surface area contributed by atoms with E-state index in [0.29, 0.717) is 11.7 Å². The summed E-state index contributed by atoms with van der Waals surface area (Å²) in [5, 5.41) is 13.9. The van der Waals surface area contributed by atoms with Crippen molar-refractivity contribution in [2.75, 3.05) is 23.3 Å². The van der Waals surface area contributed by atoms with E-state index in [4.69, 9.17) is 4.98 Å². The van der Waals surface area contributed by atoms with Gasteiger partial charge in [0.2, 0.25) is 5.13 Å². The van der Waals surface area contributed by atoms with Crippen LogP contribution in [0.4, 0.5) is 16.6 Å². The average molecular weight is 423 g/mol. The maximum atomic E-state index is 11.6. The molecular formula is C22H26N6OS. The van der Waals surface area contributed by atoms with Crippen molar-refractivity contribution in [1.29, 1.82) is 0 Å². The zero-order chi connectivity index (χ0) is 20.5. The van der Waals surface area contributed by atoms with Crippen LogP contribution < -0.4 is 10.2 Å². The topological polar surface area (TPSA) is 83.9 Å². The molecule has 0 bridgehead atoms. The van der Waals surface area contributed by atoms with Crippen molar-refractivity contribution in [1.82, 2.24) is 20.2 Å². The van der Waals surface area contributed by atoms with Gasteiger partial charge in [0.05, 0.1) is 22.9 Å². The molecule has 1 saturated carbocycles. The largest absolute Gasteiger partial charge is 0.370 e. The lowest BCUT2D eigenvalue weighted by molar-refractivity contribution is -0.121. The Morgan fingerprint density at radius 1 is 1.10 bits per heavy atom. The Bertz CT molecular complexity index is 1050. The lowest BCUT2D eigenvalue weighted by Gasteiger charge is -2.32. The van der Waals surface area contributed by atoms with E-state index in [0.717, 1.165) is 58.6 Å². The highest BCUT2D eigenvalue weighted by Gasteiger charge is 2.23. The van der Waals surface area contributed by atoms with Crippen LogP contribution in [-0.4, -0.2) is 39.0 Å². The molecule has 1 N–H and O–H groups in total. The second kappa shape index (κ2) is 8.26. The minimum absolute atomic E-state index is 0.199. The van der Waals surface area contributed by atoms with Crippen molar-refractivity contribution >= 4 is 44.8 Å². The summed E-state index contributed by atoms with van der Waals surface area (Å²) in [6.07, 6.45) is 8.75. The molecule has 1 aliphatic carbocycles. The first-order valence-corrected chi connectivity index (χ1v) is 11.6. The van der Waals surface area contributed by atoms with E-state index in [-0.39, 0.29) is 5.92 Å². The first-order chi connectivity index (χ1) is 14.7. The van der Waals surface area contributed by atoms with Crippen molar-refractivity contribution in [3.8, 4) is 0 Å². The molecule has 3 aromatic rings. The third-order valence-electron chi connectivity index (χ3n) is 6.34. The van der Waals surface area contributed by atoms with Crippen molar-refractivity contribution < 1.29 is 4.79 Å². The molecule has 3 aromatic heterocycles. The molecule has 5 rings (SSSR count). The molecule has 0 atom stereocenters. The summed E-state index contributed by atoms with van der Waals surface area (Å²) in [5.41, 5.74) is 2.78. The van der Waals surface area contributed by atoms with Gasteiger partial charge in [-0.2, -0.15) is 0 Å². The molecule has 0 amide bonds. The van der Waals surface area contributed by atoms with Crippen LogP contribution in [0, 0.1) is 5.92 Å². The fraction of sp³-hybridized carbons (Fsp3) is 0.500. The average Bonchev–Trinajstić information content (AvgIpc) is 3.45. The molecule has 0 spiro atoms. The van der Waals surface area contributed by atoms with Gasteiger partial charge in [0.15, 0.2) is 0 Å². The van der Waals surface area contributed by atoms with E-state index < -0.39 is 0 Å². The van der Waals surface area contributed by atoms with Gasteiger partial charge in [-0.25, -0.2) is 4.98 Å². The summed E-state index contributed by atoms with van der Waals surface area (Å²) < 4.78 is 0. The predicted molar refractivity (Wildman–Crippen MR) is 120 cm³/mol. The second-order valence-corrected chi connectivity index (χ2v) is 9.36. The maximum Gasteiger partial charge on any atom is 0.211 e. The number of rotatable bonds is 5. The smallest absolute Gasteiger partial charge is 0.211 e. The summed E-state index contributed by atoms with van der Waals surface area (Å²) in [6, 6.07) is 6.00. The SMILES string of the molecule is CC(=O)C1CCN(c2cnc3ccc(Nc4nnc(C5CCCC5)s4)nc3c2)CC1. The highest BCUT2D eigenvalue weighted by atomic mass is 32.1. The fourth-order valence-electron chi connectivity index (χ4n) is 4.52. The predicted octanol–water partition coefficient (Wildman–Crippen LogP) is 4.69. The molecule has 1 aliphatic heterocycles. The van der Waals surface area contributed by atoms with E-state index in [1.54, 1.807) is 18.3 Å². The lowest BCUT2D eigenvalue weighted by Crippen LogP contribution is -2.35. The van der Waals surface area contributed by atoms with Crippen LogP contribution in [0.15, 0.2) is 24.4 Å². The first kappa shape index (κ1) is 19.4. The van der Waals surface area contributed by atoms with E-state index in [1.165, 1.54) is 25.7 Å². The number of nitrogens with one attached hydrogen (secondary N) is 1. The van der Waals surface area contributed by atoms with Gasteiger partial charge in [-0.15, -0.1) is 10.2 Å².